The second-order valence-corrected chi connectivity index (χ2v) is 9.63. The molecule has 2 amide bonds. The molecular weight excluding hydrogens is 406 g/mol. The average Bonchev–Trinajstić information content (AvgIpc) is 3.39. The zero-order valence-corrected chi connectivity index (χ0v) is 17.8. The van der Waals surface area contributed by atoms with Gasteiger partial charge in [0.1, 0.15) is 5.60 Å². The van der Waals surface area contributed by atoms with Crippen molar-refractivity contribution in [3.8, 4) is 0 Å². The first-order valence-corrected chi connectivity index (χ1v) is 11.6. The SMILES string of the molecule is CCSC12OC(c3ccccc3)(c3ccccc31)C1C(=O)N(c3ccccc3)C(=O)C12. The standard InChI is InChI=1S/C26H21NO3S/c1-2-31-26-20-16-10-9-15-19(20)25(30-26,17-11-5-3-6-12-17)21-22(26)24(29)27(23(21)28)18-13-7-4-8-14-18/h3-16,21-22H,2H2,1H3. The molecule has 4 unspecified atom stereocenters. The second-order valence-electron chi connectivity index (χ2n) is 8.15. The van der Waals surface area contributed by atoms with Crippen LogP contribution in [-0.2, 0) is 24.9 Å². The Morgan fingerprint density at radius 3 is 2.06 bits per heavy atom. The van der Waals surface area contributed by atoms with Crippen LogP contribution in [0.15, 0.2) is 84.9 Å². The summed E-state index contributed by atoms with van der Waals surface area (Å²) >= 11 is 1.62. The summed E-state index contributed by atoms with van der Waals surface area (Å²) in [5.41, 5.74) is 2.59. The summed E-state index contributed by atoms with van der Waals surface area (Å²) in [6.07, 6.45) is 0. The number of anilines is 1. The van der Waals surface area contributed by atoms with Gasteiger partial charge in [-0.15, -0.1) is 11.8 Å². The molecule has 2 fully saturated rings. The highest BCUT2D eigenvalue weighted by Crippen LogP contribution is 2.72. The first-order valence-electron chi connectivity index (χ1n) is 10.6. The highest BCUT2D eigenvalue weighted by molar-refractivity contribution is 8.00. The summed E-state index contributed by atoms with van der Waals surface area (Å²) in [6, 6.07) is 27.2. The maximum atomic E-state index is 13.9. The van der Waals surface area contributed by atoms with E-state index in [9.17, 15) is 9.59 Å². The maximum absolute atomic E-state index is 13.9. The normalized spacial score (nSPS) is 30.5. The van der Waals surface area contributed by atoms with Crippen LogP contribution in [-0.4, -0.2) is 17.6 Å². The quantitative estimate of drug-likeness (QED) is 0.567. The van der Waals surface area contributed by atoms with E-state index in [-0.39, 0.29) is 11.8 Å². The predicted molar refractivity (Wildman–Crippen MR) is 120 cm³/mol. The van der Waals surface area contributed by atoms with Gasteiger partial charge in [0.2, 0.25) is 11.8 Å². The van der Waals surface area contributed by atoms with Crippen molar-refractivity contribution in [2.24, 2.45) is 11.8 Å². The van der Waals surface area contributed by atoms with E-state index in [2.05, 4.69) is 19.1 Å². The highest BCUT2D eigenvalue weighted by atomic mass is 32.2. The molecule has 2 bridgehead atoms. The Morgan fingerprint density at radius 2 is 1.39 bits per heavy atom. The van der Waals surface area contributed by atoms with Crippen molar-refractivity contribution in [3.05, 3.63) is 102 Å². The highest BCUT2D eigenvalue weighted by Gasteiger charge is 2.78. The molecule has 0 saturated carbocycles. The van der Waals surface area contributed by atoms with Gasteiger partial charge in [-0.1, -0.05) is 79.7 Å². The van der Waals surface area contributed by atoms with E-state index in [0.29, 0.717) is 5.69 Å². The van der Waals surface area contributed by atoms with Crippen LogP contribution in [0.1, 0.15) is 23.6 Å². The molecule has 0 spiro atoms. The molecule has 4 nitrogen and oxygen atoms in total. The van der Waals surface area contributed by atoms with E-state index in [4.69, 9.17) is 4.74 Å². The van der Waals surface area contributed by atoms with Gasteiger partial charge in [0, 0.05) is 5.56 Å². The van der Waals surface area contributed by atoms with Gasteiger partial charge in [0.05, 0.1) is 17.5 Å². The number of rotatable bonds is 4. The first-order chi connectivity index (χ1) is 15.1. The Hall–Kier alpha value is -2.89. The number of imide groups is 1. The van der Waals surface area contributed by atoms with Crippen molar-refractivity contribution in [1.82, 2.24) is 0 Å². The largest absolute Gasteiger partial charge is 0.342 e. The van der Waals surface area contributed by atoms with Crippen molar-refractivity contribution in [1.29, 1.82) is 0 Å². The van der Waals surface area contributed by atoms with Gasteiger partial charge >= 0.3 is 0 Å². The minimum absolute atomic E-state index is 0.172. The van der Waals surface area contributed by atoms with Gasteiger partial charge in [-0.2, -0.15) is 0 Å². The molecule has 0 aromatic heterocycles. The van der Waals surface area contributed by atoms with Crippen molar-refractivity contribution in [2.75, 3.05) is 10.7 Å². The van der Waals surface area contributed by atoms with Crippen LogP contribution in [0.3, 0.4) is 0 Å². The van der Waals surface area contributed by atoms with Crippen LogP contribution in [0, 0.1) is 11.8 Å². The summed E-state index contributed by atoms with van der Waals surface area (Å²) < 4.78 is 6.93. The number of hydrogen-bond donors (Lipinski definition) is 0. The number of hydrogen-bond acceptors (Lipinski definition) is 4. The lowest BCUT2D eigenvalue weighted by Gasteiger charge is -2.33. The lowest BCUT2D eigenvalue weighted by atomic mass is 9.67. The molecule has 3 aromatic rings. The van der Waals surface area contributed by atoms with E-state index in [1.54, 1.807) is 11.8 Å². The molecule has 3 aromatic carbocycles. The molecule has 0 aliphatic carbocycles. The molecule has 3 heterocycles. The zero-order chi connectivity index (χ0) is 21.2. The first kappa shape index (κ1) is 18.8. The van der Waals surface area contributed by atoms with Crippen molar-refractivity contribution in [2.45, 2.75) is 17.5 Å². The van der Waals surface area contributed by atoms with E-state index in [0.717, 1.165) is 22.4 Å². The lowest BCUT2D eigenvalue weighted by Crippen LogP contribution is -2.41. The number of carbonyl (C=O) groups is 2. The average molecular weight is 428 g/mol. The molecule has 3 aliphatic rings. The van der Waals surface area contributed by atoms with Gasteiger partial charge in [-0.3, -0.25) is 9.59 Å². The zero-order valence-electron chi connectivity index (χ0n) is 17.0. The summed E-state index contributed by atoms with van der Waals surface area (Å²) in [5, 5.41) is 0. The van der Waals surface area contributed by atoms with Crippen molar-refractivity contribution in [3.63, 3.8) is 0 Å². The molecular formula is C26H21NO3S. The second kappa shape index (κ2) is 6.55. The number of amides is 2. The predicted octanol–water partition coefficient (Wildman–Crippen LogP) is 4.69. The van der Waals surface area contributed by atoms with Gasteiger partial charge in [0.15, 0.2) is 4.93 Å². The number of carbonyl (C=O) groups excluding carboxylic acids is 2. The third-order valence-corrected chi connectivity index (χ3v) is 8.02. The number of thioether (sulfide) groups is 1. The van der Waals surface area contributed by atoms with Crippen molar-refractivity contribution >= 4 is 29.3 Å². The van der Waals surface area contributed by atoms with Crippen LogP contribution in [0.4, 0.5) is 5.69 Å². The van der Waals surface area contributed by atoms with Gasteiger partial charge in [0.25, 0.3) is 0 Å². The molecule has 2 saturated heterocycles. The van der Waals surface area contributed by atoms with Crippen LogP contribution in [0.2, 0.25) is 0 Å². The van der Waals surface area contributed by atoms with Crippen LogP contribution in [0.25, 0.3) is 0 Å². The fourth-order valence-corrected chi connectivity index (χ4v) is 7.08. The summed E-state index contributed by atoms with van der Waals surface area (Å²) in [5.74, 6) is -0.751. The number of benzene rings is 3. The Morgan fingerprint density at radius 1 is 0.806 bits per heavy atom. The van der Waals surface area contributed by atoms with E-state index in [1.807, 2.05) is 72.8 Å². The van der Waals surface area contributed by atoms with Gasteiger partial charge in [-0.25, -0.2) is 4.90 Å². The molecule has 5 heteroatoms. The van der Waals surface area contributed by atoms with Crippen molar-refractivity contribution < 1.29 is 14.3 Å². The smallest absolute Gasteiger partial charge is 0.242 e. The molecule has 3 aliphatic heterocycles. The molecule has 0 radical (unpaired) electrons. The summed E-state index contributed by atoms with van der Waals surface area (Å²) in [7, 11) is 0. The monoisotopic (exact) mass is 427 g/mol. The minimum Gasteiger partial charge on any atom is -0.342 e. The van der Waals surface area contributed by atoms with Crippen LogP contribution < -0.4 is 4.90 Å². The number of nitrogens with zero attached hydrogens (tertiary/aromatic N) is 1. The Balaban J connectivity index is 1.64. The Bertz CT molecular complexity index is 1200. The fraction of sp³-hybridized carbons (Fsp3) is 0.231. The summed E-state index contributed by atoms with van der Waals surface area (Å²) in [6.45, 7) is 2.07. The van der Waals surface area contributed by atoms with E-state index < -0.39 is 22.4 Å². The minimum atomic E-state index is -0.971. The fourth-order valence-electron chi connectivity index (χ4n) is 5.71. The molecule has 0 N–H and O–H groups in total. The Kier molecular flexibility index (Phi) is 3.98. The number of ether oxygens (including phenoxy) is 1. The number of fused-ring (bicyclic) bond motifs is 8. The Labute approximate surface area is 185 Å². The van der Waals surface area contributed by atoms with Gasteiger partial charge < -0.3 is 4.74 Å². The van der Waals surface area contributed by atoms with Crippen LogP contribution >= 0.6 is 11.8 Å². The third-order valence-electron chi connectivity index (χ3n) is 6.74. The molecule has 154 valence electrons. The van der Waals surface area contributed by atoms with E-state index >= 15 is 0 Å². The maximum Gasteiger partial charge on any atom is 0.242 e. The third kappa shape index (κ3) is 2.20. The number of para-hydroxylation sites is 1. The van der Waals surface area contributed by atoms with Gasteiger partial charge in [-0.05, 0) is 29.0 Å². The molecule has 6 rings (SSSR count). The molecule has 4 atom stereocenters. The molecule has 31 heavy (non-hydrogen) atoms. The lowest BCUT2D eigenvalue weighted by molar-refractivity contribution is -0.128. The topological polar surface area (TPSA) is 46.6 Å². The summed E-state index contributed by atoms with van der Waals surface area (Å²) in [4.78, 5) is 28.3. The van der Waals surface area contributed by atoms with Crippen LogP contribution in [0.5, 0.6) is 0 Å². The van der Waals surface area contributed by atoms with E-state index in [1.165, 1.54) is 4.90 Å².